The minimum absolute atomic E-state index is 0.161. The fourth-order valence-electron chi connectivity index (χ4n) is 1.96. The van der Waals surface area contributed by atoms with Crippen molar-refractivity contribution in [2.75, 3.05) is 13.2 Å². The van der Waals surface area contributed by atoms with Crippen LogP contribution in [0.15, 0.2) is 58.5 Å². The summed E-state index contributed by atoms with van der Waals surface area (Å²) in [5.41, 5.74) is 0.708. The summed E-state index contributed by atoms with van der Waals surface area (Å²) in [5, 5.41) is 3.78. The zero-order chi connectivity index (χ0) is 15.4. The summed E-state index contributed by atoms with van der Waals surface area (Å²) in [7, 11) is -3.65. The summed E-state index contributed by atoms with van der Waals surface area (Å²) < 4.78 is 34.8. The molecule has 1 aliphatic heterocycles. The van der Waals surface area contributed by atoms with E-state index in [0.29, 0.717) is 30.3 Å². The highest BCUT2D eigenvalue weighted by molar-refractivity contribution is 7.89. The Morgan fingerprint density at radius 3 is 2.50 bits per heavy atom. The van der Waals surface area contributed by atoms with Crippen LogP contribution in [0.3, 0.4) is 0 Å². The van der Waals surface area contributed by atoms with Crippen molar-refractivity contribution in [3.63, 3.8) is 0 Å². The van der Waals surface area contributed by atoms with Crippen molar-refractivity contribution in [1.82, 2.24) is 4.83 Å². The fraction of sp³-hybridized carbons (Fsp3) is 0.133. The first-order valence-electron chi connectivity index (χ1n) is 6.65. The Kier molecular flexibility index (Phi) is 3.97. The summed E-state index contributed by atoms with van der Waals surface area (Å²) in [4.78, 5) is 2.33. The summed E-state index contributed by atoms with van der Waals surface area (Å²) in [6.45, 7) is 1.02. The van der Waals surface area contributed by atoms with E-state index in [9.17, 15) is 8.42 Å². The number of sulfonamides is 1. The average molecular weight is 318 g/mol. The minimum Gasteiger partial charge on any atom is -0.486 e. The van der Waals surface area contributed by atoms with Gasteiger partial charge in [0.1, 0.15) is 13.2 Å². The van der Waals surface area contributed by atoms with Gasteiger partial charge in [-0.2, -0.15) is 13.5 Å². The molecule has 3 rings (SSSR count). The lowest BCUT2D eigenvalue weighted by atomic mass is 10.2. The lowest BCUT2D eigenvalue weighted by Crippen LogP contribution is -2.18. The summed E-state index contributed by atoms with van der Waals surface area (Å²) in [6, 6.07) is 13.3. The van der Waals surface area contributed by atoms with Crippen molar-refractivity contribution < 1.29 is 17.9 Å². The number of ether oxygens (including phenoxy) is 2. The van der Waals surface area contributed by atoms with Gasteiger partial charge in [-0.1, -0.05) is 18.2 Å². The first-order chi connectivity index (χ1) is 10.6. The molecule has 6 nitrogen and oxygen atoms in total. The van der Waals surface area contributed by atoms with E-state index in [1.807, 2.05) is 0 Å². The molecule has 0 bridgehead atoms. The van der Waals surface area contributed by atoms with E-state index in [-0.39, 0.29) is 4.90 Å². The first-order valence-corrected chi connectivity index (χ1v) is 8.13. The zero-order valence-corrected chi connectivity index (χ0v) is 12.4. The molecule has 2 aromatic rings. The van der Waals surface area contributed by atoms with Gasteiger partial charge >= 0.3 is 0 Å². The summed E-state index contributed by atoms with van der Waals surface area (Å²) in [5.74, 6) is 1.30. The standard InChI is InChI=1S/C15H14N2O4S/c18-22(19,13-4-2-1-3-5-13)17-16-11-12-6-7-14-15(10-12)21-9-8-20-14/h1-7,10-11,17H,8-9H2/b16-11-. The number of hydrogen-bond acceptors (Lipinski definition) is 5. The van der Waals surface area contributed by atoms with Gasteiger partial charge in [-0.3, -0.25) is 0 Å². The van der Waals surface area contributed by atoms with Crippen molar-refractivity contribution in [1.29, 1.82) is 0 Å². The summed E-state index contributed by atoms with van der Waals surface area (Å²) >= 11 is 0. The Bertz CT molecular complexity index is 788. The summed E-state index contributed by atoms with van der Waals surface area (Å²) in [6.07, 6.45) is 1.42. The molecule has 0 amide bonds. The largest absolute Gasteiger partial charge is 0.486 e. The Labute approximate surface area is 128 Å². The van der Waals surface area contributed by atoms with E-state index < -0.39 is 10.0 Å². The Morgan fingerprint density at radius 2 is 1.73 bits per heavy atom. The van der Waals surface area contributed by atoms with Gasteiger partial charge in [0, 0.05) is 0 Å². The second-order valence-corrected chi connectivity index (χ2v) is 6.23. The van der Waals surface area contributed by atoms with Crippen LogP contribution in [0.5, 0.6) is 11.5 Å². The fourth-order valence-corrected chi connectivity index (χ4v) is 2.78. The van der Waals surface area contributed by atoms with Crippen molar-refractivity contribution in [3.8, 4) is 11.5 Å². The maximum atomic E-state index is 12.0. The maximum Gasteiger partial charge on any atom is 0.276 e. The van der Waals surface area contributed by atoms with Gasteiger partial charge in [-0.05, 0) is 35.9 Å². The maximum absolute atomic E-state index is 12.0. The predicted octanol–water partition coefficient (Wildman–Crippen LogP) is 1.77. The van der Waals surface area contributed by atoms with Crippen LogP contribution in [0.2, 0.25) is 0 Å². The normalized spacial score (nSPS) is 14.0. The number of rotatable bonds is 4. The van der Waals surface area contributed by atoms with Crippen LogP contribution in [0.4, 0.5) is 0 Å². The molecular formula is C15H14N2O4S. The second-order valence-electron chi connectivity index (χ2n) is 4.57. The van der Waals surface area contributed by atoms with Crippen LogP contribution in [0.1, 0.15) is 5.56 Å². The number of nitrogens with one attached hydrogen (secondary N) is 1. The lowest BCUT2D eigenvalue weighted by molar-refractivity contribution is 0.171. The van der Waals surface area contributed by atoms with Crippen LogP contribution in [-0.2, 0) is 10.0 Å². The monoisotopic (exact) mass is 318 g/mol. The van der Waals surface area contributed by atoms with E-state index >= 15 is 0 Å². The Morgan fingerprint density at radius 1 is 1.00 bits per heavy atom. The van der Waals surface area contributed by atoms with E-state index in [0.717, 1.165) is 0 Å². The van der Waals surface area contributed by atoms with E-state index in [1.54, 1.807) is 36.4 Å². The van der Waals surface area contributed by atoms with Crippen molar-refractivity contribution >= 4 is 16.2 Å². The molecule has 0 fully saturated rings. The van der Waals surface area contributed by atoms with Crippen molar-refractivity contribution in [2.45, 2.75) is 4.90 Å². The van der Waals surface area contributed by atoms with Crippen LogP contribution < -0.4 is 14.3 Å². The number of fused-ring (bicyclic) bond motifs is 1. The molecule has 0 unspecified atom stereocenters. The van der Waals surface area contributed by atoms with Crippen molar-refractivity contribution in [2.24, 2.45) is 5.10 Å². The highest BCUT2D eigenvalue weighted by Gasteiger charge is 2.12. The average Bonchev–Trinajstić information content (AvgIpc) is 2.55. The van der Waals surface area contributed by atoms with Crippen LogP contribution in [-0.4, -0.2) is 27.8 Å². The van der Waals surface area contributed by atoms with Gasteiger partial charge in [0.15, 0.2) is 11.5 Å². The zero-order valence-electron chi connectivity index (χ0n) is 11.6. The van der Waals surface area contributed by atoms with E-state index in [1.165, 1.54) is 18.3 Å². The molecule has 0 saturated carbocycles. The molecule has 2 aromatic carbocycles. The predicted molar refractivity (Wildman–Crippen MR) is 81.8 cm³/mol. The third-order valence-corrected chi connectivity index (χ3v) is 4.24. The number of benzene rings is 2. The Hall–Kier alpha value is -2.54. The second kappa shape index (κ2) is 6.07. The van der Waals surface area contributed by atoms with Gasteiger partial charge in [-0.15, -0.1) is 0 Å². The molecule has 0 aromatic heterocycles. The molecule has 114 valence electrons. The molecule has 0 atom stereocenters. The molecule has 22 heavy (non-hydrogen) atoms. The molecule has 0 radical (unpaired) electrons. The number of nitrogens with zero attached hydrogens (tertiary/aromatic N) is 1. The highest BCUT2D eigenvalue weighted by atomic mass is 32.2. The molecule has 1 heterocycles. The molecule has 1 N–H and O–H groups in total. The smallest absolute Gasteiger partial charge is 0.276 e. The van der Waals surface area contributed by atoms with E-state index in [2.05, 4.69) is 9.93 Å². The topological polar surface area (TPSA) is 77.0 Å². The number of hydrazone groups is 1. The molecule has 0 aliphatic carbocycles. The van der Waals surface area contributed by atoms with Crippen LogP contribution in [0.25, 0.3) is 0 Å². The first kappa shape index (κ1) is 14.4. The molecule has 7 heteroatoms. The van der Waals surface area contributed by atoms with Gasteiger partial charge < -0.3 is 9.47 Å². The molecular weight excluding hydrogens is 304 g/mol. The van der Waals surface area contributed by atoms with Crippen molar-refractivity contribution in [3.05, 3.63) is 54.1 Å². The van der Waals surface area contributed by atoms with Gasteiger partial charge in [-0.25, -0.2) is 4.83 Å². The highest BCUT2D eigenvalue weighted by Crippen LogP contribution is 2.30. The van der Waals surface area contributed by atoms with Crippen LogP contribution >= 0.6 is 0 Å². The lowest BCUT2D eigenvalue weighted by Gasteiger charge is -2.18. The Balaban J connectivity index is 1.72. The van der Waals surface area contributed by atoms with Gasteiger partial charge in [0.05, 0.1) is 11.1 Å². The quantitative estimate of drug-likeness (QED) is 0.688. The minimum atomic E-state index is -3.65. The number of hydrogen-bond donors (Lipinski definition) is 1. The van der Waals surface area contributed by atoms with E-state index in [4.69, 9.17) is 9.47 Å². The molecule has 0 spiro atoms. The SMILES string of the molecule is O=S(=O)(N/N=C\c1ccc2c(c1)OCCO2)c1ccccc1. The molecule has 0 saturated heterocycles. The molecule has 1 aliphatic rings. The third-order valence-electron chi connectivity index (χ3n) is 3.01. The van der Waals surface area contributed by atoms with Crippen LogP contribution in [0, 0.1) is 0 Å². The third kappa shape index (κ3) is 3.20. The van der Waals surface area contributed by atoms with Gasteiger partial charge in [0.2, 0.25) is 0 Å². The van der Waals surface area contributed by atoms with Gasteiger partial charge in [0.25, 0.3) is 10.0 Å².